The second kappa shape index (κ2) is 15.1. The molecule has 14 nitrogen and oxygen atoms in total. The molecule has 7 rings (SSSR count). The van der Waals surface area contributed by atoms with Gasteiger partial charge in [-0.15, -0.1) is 5.75 Å². The molecule has 0 saturated carbocycles. The highest BCUT2D eigenvalue weighted by Crippen LogP contribution is 2.56. The first-order valence-corrected chi connectivity index (χ1v) is 21.7. The maximum atomic E-state index is 12.8. The SMILES string of the molecule is CC1(CCCCS(=O)(=O)O)C2=C3C=C4C5=[N+](CCC4OC3CCN2c2ccc(S(=O)(=O)O)cc21)c1ccc([O-])cc1C5(C)CCCCCC(=O)O.O=S=O. The van der Waals surface area contributed by atoms with Gasteiger partial charge in [-0.1, -0.05) is 31.4 Å². The van der Waals surface area contributed by atoms with Gasteiger partial charge in [-0.25, -0.2) is 0 Å². The standard InChI is InChI=1S/C37H44N2O10S2.O2S/c1-36(15-5-3-4-8-33(41)42)27-20-23(40)9-11-29(27)38-17-13-31-25(34(36)38)22-26-32(49-31)14-18-39-30-12-10-24(51(46,47)48)21-28(30)37(2,35(26)39)16-6-7-19-50(43,44)45;1-3-2/h9-12,20-22,31-32H,3-8,13-19H2,1-2H3,(H3-,40,41,42,43,44,45,46,47,48);. The summed E-state index contributed by atoms with van der Waals surface area (Å²) in [5.41, 5.74) is 6.22. The fraction of sp³-hybridized carbons (Fsp3) is 0.514. The number of ether oxygens (including phenoxy) is 1. The molecule has 0 saturated heterocycles. The number of anilines is 1. The van der Waals surface area contributed by atoms with Crippen LogP contribution in [-0.2, 0) is 52.2 Å². The van der Waals surface area contributed by atoms with Gasteiger partial charge in [0.2, 0.25) is 5.69 Å². The number of carboxylic acid groups (broad SMARTS) is 1. The van der Waals surface area contributed by atoms with Gasteiger partial charge in [0.1, 0.15) is 0 Å². The molecule has 5 aliphatic rings. The molecule has 3 N–H and O–H groups in total. The predicted octanol–water partition coefficient (Wildman–Crippen LogP) is 4.32. The predicted molar refractivity (Wildman–Crippen MR) is 197 cm³/mol. The van der Waals surface area contributed by atoms with E-state index in [2.05, 4.69) is 22.5 Å². The minimum Gasteiger partial charge on any atom is -0.872 e. The van der Waals surface area contributed by atoms with Gasteiger partial charge in [-0.2, -0.15) is 29.8 Å². The van der Waals surface area contributed by atoms with E-state index in [1.807, 2.05) is 13.0 Å². The zero-order chi connectivity index (χ0) is 39.2. The molecular weight excluding hydrogens is 761 g/mol. The van der Waals surface area contributed by atoms with Crippen molar-refractivity contribution < 1.29 is 58.7 Å². The molecule has 5 aliphatic heterocycles. The molecule has 17 heteroatoms. The van der Waals surface area contributed by atoms with Crippen molar-refractivity contribution in [2.45, 2.75) is 106 Å². The van der Waals surface area contributed by atoms with Crippen molar-refractivity contribution in [1.29, 1.82) is 0 Å². The van der Waals surface area contributed by atoms with Crippen molar-refractivity contribution in [2.75, 3.05) is 23.7 Å². The monoisotopic (exact) mass is 804 g/mol. The first-order chi connectivity index (χ1) is 25.4. The molecule has 4 unspecified atom stereocenters. The van der Waals surface area contributed by atoms with Crippen LogP contribution in [0, 0.1) is 0 Å². The zero-order valence-electron chi connectivity index (χ0n) is 30.0. The third-order valence-corrected chi connectivity index (χ3v) is 13.3. The summed E-state index contributed by atoms with van der Waals surface area (Å²) in [6.45, 7) is 5.52. The molecule has 0 fully saturated rings. The highest BCUT2D eigenvalue weighted by molar-refractivity contribution is 7.86. The van der Waals surface area contributed by atoms with Crippen LogP contribution in [-0.4, -0.2) is 86.8 Å². The fourth-order valence-electron chi connectivity index (χ4n) is 9.33. The largest absolute Gasteiger partial charge is 0.872 e. The number of allylic oxidation sites excluding steroid dienone is 1. The number of carbonyl (C=O) groups is 1. The van der Waals surface area contributed by atoms with E-state index in [0.29, 0.717) is 37.8 Å². The Labute approximate surface area is 318 Å². The van der Waals surface area contributed by atoms with Crippen molar-refractivity contribution in [3.63, 3.8) is 0 Å². The maximum absolute atomic E-state index is 12.8. The summed E-state index contributed by atoms with van der Waals surface area (Å²) in [7, 11) is -8.66. The molecule has 2 aromatic carbocycles. The van der Waals surface area contributed by atoms with Crippen LogP contribution in [0.15, 0.2) is 64.2 Å². The third kappa shape index (κ3) is 7.45. The quantitative estimate of drug-likeness (QED) is 0.155. The molecule has 0 radical (unpaired) electrons. The van der Waals surface area contributed by atoms with E-state index in [-0.39, 0.29) is 41.4 Å². The Kier molecular flexibility index (Phi) is 11.1. The summed E-state index contributed by atoms with van der Waals surface area (Å²) >= 11 is -0.750. The average Bonchev–Trinajstić information content (AvgIpc) is 3.50. The average molecular weight is 805 g/mol. The second-order valence-electron chi connectivity index (χ2n) is 15.0. The van der Waals surface area contributed by atoms with Crippen molar-refractivity contribution in [3.05, 3.63) is 70.4 Å². The van der Waals surface area contributed by atoms with Gasteiger partial charge in [0, 0.05) is 59.0 Å². The minimum atomic E-state index is -4.50. The van der Waals surface area contributed by atoms with E-state index in [1.54, 1.807) is 18.2 Å². The van der Waals surface area contributed by atoms with Crippen LogP contribution in [0.25, 0.3) is 0 Å². The number of nitrogens with zero attached hydrogens (tertiary/aromatic N) is 2. The molecule has 54 heavy (non-hydrogen) atoms. The first-order valence-electron chi connectivity index (χ1n) is 18.0. The van der Waals surface area contributed by atoms with E-state index in [0.717, 1.165) is 71.7 Å². The van der Waals surface area contributed by atoms with Crippen LogP contribution in [0.5, 0.6) is 5.75 Å². The van der Waals surface area contributed by atoms with Crippen molar-refractivity contribution >= 4 is 54.9 Å². The molecular formula is C37H44N2O12S3. The lowest BCUT2D eigenvalue weighted by Gasteiger charge is -2.43. The first kappa shape index (κ1) is 39.9. The number of fused-ring (bicyclic) bond motifs is 8. The molecule has 2 aromatic rings. The Bertz CT molecular complexity index is 2230. The number of carboxylic acids is 1. The van der Waals surface area contributed by atoms with Crippen molar-refractivity contribution in [2.24, 2.45) is 0 Å². The number of aliphatic carboxylic acids is 1. The molecule has 0 spiro atoms. The summed E-state index contributed by atoms with van der Waals surface area (Å²) in [5.74, 6) is -1.27. The van der Waals surface area contributed by atoms with E-state index in [9.17, 15) is 35.8 Å². The molecule has 0 bridgehead atoms. The Morgan fingerprint density at radius 2 is 1.65 bits per heavy atom. The van der Waals surface area contributed by atoms with Crippen LogP contribution < -0.4 is 10.0 Å². The second-order valence-corrected chi connectivity index (χ2v) is 18.1. The maximum Gasteiger partial charge on any atom is 0.335 e. The van der Waals surface area contributed by atoms with Crippen LogP contribution in [0.4, 0.5) is 11.4 Å². The van der Waals surface area contributed by atoms with Gasteiger partial charge in [0.05, 0.1) is 28.3 Å². The van der Waals surface area contributed by atoms with Crippen LogP contribution in [0.1, 0.15) is 89.2 Å². The highest BCUT2D eigenvalue weighted by atomic mass is 32.2. The number of hydrogen-bond donors (Lipinski definition) is 3. The summed E-state index contributed by atoms with van der Waals surface area (Å²) in [6, 6.07) is 9.85. The summed E-state index contributed by atoms with van der Waals surface area (Å²) in [6.07, 6.45) is 7.28. The zero-order valence-corrected chi connectivity index (χ0v) is 32.5. The molecule has 292 valence electrons. The smallest absolute Gasteiger partial charge is 0.335 e. The van der Waals surface area contributed by atoms with E-state index in [1.165, 1.54) is 12.1 Å². The van der Waals surface area contributed by atoms with Gasteiger partial charge >= 0.3 is 17.5 Å². The lowest BCUT2D eigenvalue weighted by atomic mass is 9.70. The van der Waals surface area contributed by atoms with Crippen LogP contribution in [0.2, 0.25) is 0 Å². The Hall–Kier alpha value is -3.74. The van der Waals surface area contributed by atoms with Gasteiger partial charge in [0.15, 0.2) is 12.3 Å². The normalized spacial score (nSPS) is 25.3. The van der Waals surface area contributed by atoms with E-state index < -0.39 is 48.6 Å². The topological polar surface area (TPSA) is 219 Å². The minimum absolute atomic E-state index is 0.0672. The Morgan fingerprint density at radius 1 is 0.944 bits per heavy atom. The Balaban J connectivity index is 0.00000160. The van der Waals surface area contributed by atoms with Gasteiger partial charge < -0.3 is 19.8 Å². The number of rotatable bonds is 12. The van der Waals surface area contributed by atoms with Gasteiger partial charge in [-0.3, -0.25) is 13.9 Å². The molecule has 4 atom stereocenters. The summed E-state index contributed by atoms with van der Waals surface area (Å²) < 4.78 is 92.9. The van der Waals surface area contributed by atoms with Gasteiger partial charge in [-0.05, 0) is 75.8 Å². The molecule has 0 aromatic heterocycles. The van der Waals surface area contributed by atoms with Gasteiger partial charge in [0.25, 0.3) is 20.2 Å². The molecule has 0 amide bonds. The number of unbranched alkanes of at least 4 members (excludes halogenated alkanes) is 3. The lowest BCUT2D eigenvalue weighted by Crippen LogP contribution is -2.48. The van der Waals surface area contributed by atoms with Crippen molar-refractivity contribution in [1.82, 2.24) is 0 Å². The molecule has 5 heterocycles. The van der Waals surface area contributed by atoms with E-state index >= 15 is 0 Å². The lowest BCUT2D eigenvalue weighted by molar-refractivity contribution is -0.445. The third-order valence-electron chi connectivity index (χ3n) is 11.6. The molecule has 0 aliphatic carbocycles. The summed E-state index contributed by atoms with van der Waals surface area (Å²) in [4.78, 5) is 13.1. The van der Waals surface area contributed by atoms with E-state index in [4.69, 9.17) is 18.3 Å². The number of benzene rings is 2. The summed E-state index contributed by atoms with van der Waals surface area (Å²) in [5, 5.41) is 21.9. The number of hydrogen-bond acceptors (Lipinski definition) is 10. The van der Waals surface area contributed by atoms with Crippen LogP contribution >= 0.6 is 0 Å². The highest BCUT2D eigenvalue weighted by Gasteiger charge is 2.56. The van der Waals surface area contributed by atoms with Crippen LogP contribution in [0.3, 0.4) is 0 Å². The Morgan fingerprint density at radius 3 is 2.33 bits per heavy atom. The van der Waals surface area contributed by atoms with Crippen molar-refractivity contribution in [3.8, 4) is 5.75 Å². The fourth-order valence-corrected chi connectivity index (χ4v) is 10.4.